The summed E-state index contributed by atoms with van der Waals surface area (Å²) in [6, 6.07) is 16.1. The van der Waals surface area contributed by atoms with Gasteiger partial charge in [0.05, 0.1) is 6.61 Å². The predicted molar refractivity (Wildman–Crippen MR) is 127 cm³/mol. The number of rotatable bonds is 11. The minimum Gasteiger partial charge on any atom is -0.493 e. The van der Waals surface area contributed by atoms with Gasteiger partial charge in [0.1, 0.15) is 18.1 Å². The van der Waals surface area contributed by atoms with E-state index in [1.807, 2.05) is 55.5 Å². The predicted octanol–water partition coefficient (Wildman–Crippen LogP) is 3.90. The van der Waals surface area contributed by atoms with Crippen LogP contribution in [-0.4, -0.2) is 56.9 Å². The molecule has 0 spiro atoms. The highest BCUT2D eigenvalue weighted by atomic mass is 16.5. The molecular weight excluding hydrogens is 404 g/mol. The molecule has 6 nitrogen and oxygen atoms in total. The van der Waals surface area contributed by atoms with Crippen LogP contribution in [0.1, 0.15) is 30.9 Å². The zero-order valence-corrected chi connectivity index (χ0v) is 19.1. The maximum absolute atomic E-state index is 12.3. The molecule has 0 aromatic heterocycles. The summed E-state index contributed by atoms with van der Waals surface area (Å²) in [7, 11) is 2.14. The van der Waals surface area contributed by atoms with Crippen LogP contribution in [0.4, 0.5) is 0 Å². The Hall–Kier alpha value is -2.83. The zero-order valence-electron chi connectivity index (χ0n) is 19.1. The van der Waals surface area contributed by atoms with Crippen molar-refractivity contribution in [3.05, 3.63) is 65.7 Å². The molecule has 1 saturated heterocycles. The minimum absolute atomic E-state index is 0.152. The molecule has 6 heteroatoms. The normalized spacial score (nSPS) is 14.6. The van der Waals surface area contributed by atoms with E-state index < -0.39 is 0 Å². The molecule has 0 saturated carbocycles. The average molecular weight is 439 g/mol. The first-order chi connectivity index (χ1) is 15.7. The van der Waals surface area contributed by atoms with Crippen molar-refractivity contribution in [1.29, 1.82) is 0 Å². The number of para-hydroxylation sites is 1. The quantitative estimate of drug-likeness (QED) is 0.539. The summed E-state index contributed by atoms with van der Waals surface area (Å²) in [5.74, 6) is 1.44. The Kier molecular flexibility index (Phi) is 9.60. The van der Waals surface area contributed by atoms with E-state index in [0.29, 0.717) is 25.8 Å². The number of ether oxygens (including phenoxy) is 3. The number of nitrogens with one attached hydrogen (secondary N) is 1. The van der Waals surface area contributed by atoms with Crippen LogP contribution in [0.25, 0.3) is 6.08 Å². The summed E-state index contributed by atoms with van der Waals surface area (Å²) in [5, 5.41) is 2.92. The van der Waals surface area contributed by atoms with E-state index in [2.05, 4.69) is 17.3 Å². The van der Waals surface area contributed by atoms with Crippen molar-refractivity contribution >= 4 is 12.0 Å². The molecule has 3 rings (SSSR count). The van der Waals surface area contributed by atoms with E-state index in [1.165, 1.54) is 6.08 Å². The largest absolute Gasteiger partial charge is 0.493 e. The van der Waals surface area contributed by atoms with E-state index in [-0.39, 0.29) is 5.91 Å². The average Bonchev–Trinajstić information content (AvgIpc) is 2.83. The molecule has 2 aromatic carbocycles. The molecule has 0 atom stereocenters. The first kappa shape index (κ1) is 23.8. The van der Waals surface area contributed by atoms with Crippen molar-refractivity contribution in [2.75, 3.05) is 40.0 Å². The molecule has 0 aliphatic carbocycles. The molecule has 32 heavy (non-hydrogen) atoms. The second-order valence-corrected chi connectivity index (χ2v) is 7.84. The summed E-state index contributed by atoms with van der Waals surface area (Å²) in [6.45, 7) is 6.16. The Labute approximate surface area is 191 Å². The number of hydrogen-bond donors (Lipinski definition) is 1. The number of hydrogen-bond acceptors (Lipinski definition) is 5. The maximum atomic E-state index is 12.3. The van der Waals surface area contributed by atoms with Gasteiger partial charge in [-0.1, -0.05) is 30.3 Å². The van der Waals surface area contributed by atoms with Crippen molar-refractivity contribution < 1.29 is 19.0 Å². The number of nitrogens with zero attached hydrogens (tertiary/aromatic N) is 1. The summed E-state index contributed by atoms with van der Waals surface area (Å²) < 4.78 is 17.0. The van der Waals surface area contributed by atoms with E-state index in [1.54, 1.807) is 6.08 Å². The molecule has 1 amide bonds. The lowest BCUT2D eigenvalue weighted by atomic mass is 10.1. The van der Waals surface area contributed by atoms with Crippen LogP contribution in [0.3, 0.4) is 0 Å². The number of amides is 1. The molecule has 1 heterocycles. The van der Waals surface area contributed by atoms with Crippen LogP contribution in [0.15, 0.2) is 54.6 Å². The van der Waals surface area contributed by atoms with Gasteiger partial charge in [0.25, 0.3) is 0 Å². The van der Waals surface area contributed by atoms with Crippen molar-refractivity contribution in [2.24, 2.45) is 0 Å². The van der Waals surface area contributed by atoms with Crippen molar-refractivity contribution in [2.45, 2.75) is 32.4 Å². The monoisotopic (exact) mass is 438 g/mol. The van der Waals surface area contributed by atoms with Gasteiger partial charge in [-0.25, -0.2) is 0 Å². The van der Waals surface area contributed by atoms with Gasteiger partial charge in [0, 0.05) is 44.0 Å². The second kappa shape index (κ2) is 12.9. The summed E-state index contributed by atoms with van der Waals surface area (Å²) in [4.78, 5) is 14.6. The van der Waals surface area contributed by atoms with Crippen LogP contribution in [0.5, 0.6) is 11.5 Å². The minimum atomic E-state index is -0.152. The van der Waals surface area contributed by atoms with E-state index in [0.717, 1.165) is 55.2 Å². The van der Waals surface area contributed by atoms with E-state index >= 15 is 0 Å². The number of carbonyl (C=O) groups excluding carboxylic acids is 1. The molecule has 1 aliphatic rings. The lowest BCUT2D eigenvalue weighted by Crippen LogP contribution is -2.38. The fraction of sp³-hybridized carbons (Fsp3) is 0.423. The Morgan fingerprint density at radius 3 is 2.78 bits per heavy atom. The fourth-order valence-electron chi connectivity index (χ4n) is 3.68. The van der Waals surface area contributed by atoms with Gasteiger partial charge >= 0.3 is 0 Å². The van der Waals surface area contributed by atoms with Crippen LogP contribution in [0, 0.1) is 0 Å². The smallest absolute Gasteiger partial charge is 0.244 e. The lowest BCUT2D eigenvalue weighted by Gasteiger charge is -2.31. The van der Waals surface area contributed by atoms with Gasteiger partial charge in [0.2, 0.25) is 5.91 Å². The third-order valence-electron chi connectivity index (χ3n) is 5.53. The molecule has 1 fully saturated rings. The molecule has 2 aromatic rings. The lowest BCUT2D eigenvalue weighted by molar-refractivity contribution is -0.116. The Morgan fingerprint density at radius 2 is 1.97 bits per heavy atom. The zero-order chi connectivity index (χ0) is 22.6. The highest BCUT2D eigenvalue weighted by Gasteiger charge is 2.17. The number of carbonyl (C=O) groups is 1. The Bertz CT molecular complexity index is 878. The molecular formula is C26H34N2O4. The summed E-state index contributed by atoms with van der Waals surface area (Å²) >= 11 is 0. The molecule has 1 aliphatic heterocycles. The topological polar surface area (TPSA) is 60.0 Å². The summed E-state index contributed by atoms with van der Waals surface area (Å²) in [6.07, 6.45) is 5.47. The highest BCUT2D eigenvalue weighted by molar-refractivity contribution is 5.92. The van der Waals surface area contributed by atoms with Gasteiger partial charge < -0.3 is 19.5 Å². The second-order valence-electron chi connectivity index (χ2n) is 7.84. The first-order valence-corrected chi connectivity index (χ1v) is 11.3. The fourth-order valence-corrected chi connectivity index (χ4v) is 3.68. The van der Waals surface area contributed by atoms with Crippen LogP contribution >= 0.6 is 0 Å². The summed E-state index contributed by atoms with van der Waals surface area (Å²) in [5.41, 5.74) is 1.88. The van der Waals surface area contributed by atoms with Gasteiger partial charge in [-0.05, 0) is 56.7 Å². The maximum Gasteiger partial charge on any atom is 0.244 e. The standard InChI is InChI=1S/C26H34N2O4/c1-3-31-25-10-5-4-8-22(25)11-12-26(29)27-20-21-7-6-9-24(19-21)32-18-15-28(2)23-13-16-30-17-14-23/h4-12,19,23H,3,13-18,20H2,1-2H3,(H,27,29)/b12-11+. The van der Waals surface area contributed by atoms with Crippen molar-refractivity contribution in [1.82, 2.24) is 10.2 Å². The number of benzene rings is 2. The highest BCUT2D eigenvalue weighted by Crippen LogP contribution is 2.19. The molecule has 0 bridgehead atoms. The third-order valence-corrected chi connectivity index (χ3v) is 5.53. The van der Waals surface area contributed by atoms with Crippen LogP contribution < -0.4 is 14.8 Å². The number of likely N-dealkylation sites (N-methyl/N-ethyl adjacent to an activating group) is 1. The first-order valence-electron chi connectivity index (χ1n) is 11.3. The van der Waals surface area contributed by atoms with E-state index in [4.69, 9.17) is 14.2 Å². The van der Waals surface area contributed by atoms with Gasteiger partial charge in [-0.15, -0.1) is 0 Å². The third kappa shape index (κ3) is 7.70. The van der Waals surface area contributed by atoms with Gasteiger partial charge in [-0.3, -0.25) is 9.69 Å². The Morgan fingerprint density at radius 1 is 1.16 bits per heavy atom. The van der Waals surface area contributed by atoms with Crippen molar-refractivity contribution in [3.8, 4) is 11.5 Å². The Balaban J connectivity index is 1.43. The van der Waals surface area contributed by atoms with Crippen molar-refractivity contribution in [3.63, 3.8) is 0 Å². The van der Waals surface area contributed by atoms with E-state index in [9.17, 15) is 4.79 Å². The van der Waals surface area contributed by atoms with Gasteiger partial charge in [0.15, 0.2) is 0 Å². The SMILES string of the molecule is CCOc1ccccc1/C=C/C(=O)NCc1cccc(OCCN(C)C2CCOCC2)c1. The van der Waals surface area contributed by atoms with Gasteiger partial charge in [-0.2, -0.15) is 0 Å². The van der Waals surface area contributed by atoms with Crippen LogP contribution in [0.2, 0.25) is 0 Å². The molecule has 1 N–H and O–H groups in total. The molecule has 0 unspecified atom stereocenters. The molecule has 0 radical (unpaired) electrons. The van der Waals surface area contributed by atoms with Crippen LogP contribution in [-0.2, 0) is 16.1 Å². The molecule has 172 valence electrons.